The molecular weight excluding hydrogens is 508 g/mol. The largest absolute Gasteiger partial charge is 0.466 e. The van der Waals surface area contributed by atoms with Crippen molar-refractivity contribution in [3.05, 3.63) is 86.6 Å². The fourth-order valence-corrected chi connectivity index (χ4v) is 4.31. The molecule has 4 rings (SSSR count). The predicted octanol–water partition coefficient (Wildman–Crippen LogP) is 5.65. The van der Waals surface area contributed by atoms with E-state index in [1.165, 1.54) is 6.07 Å². The SMILES string of the molecule is [C-]#[N+]c1cccc(Cl)c1Oc1cc([C@H]2CC(=O)N(c3ccc(C(N)=O)c(N)c3)C2)ccc1Br. The molecule has 4 N–H and O–H groups in total. The molecule has 1 fully saturated rings. The van der Waals surface area contributed by atoms with Crippen LogP contribution in [-0.4, -0.2) is 18.4 Å². The number of ether oxygens (including phenoxy) is 1. The van der Waals surface area contributed by atoms with Crippen LogP contribution in [0.3, 0.4) is 0 Å². The van der Waals surface area contributed by atoms with E-state index < -0.39 is 5.91 Å². The molecule has 7 nitrogen and oxygen atoms in total. The molecule has 0 aliphatic carbocycles. The Morgan fingerprint density at radius 2 is 2.00 bits per heavy atom. The van der Waals surface area contributed by atoms with Gasteiger partial charge in [-0.15, -0.1) is 0 Å². The summed E-state index contributed by atoms with van der Waals surface area (Å²) in [4.78, 5) is 29.3. The number of primary amides is 1. The predicted molar refractivity (Wildman–Crippen MR) is 131 cm³/mol. The summed E-state index contributed by atoms with van der Waals surface area (Å²) in [6, 6.07) is 15.4. The third-order valence-electron chi connectivity index (χ3n) is 5.44. The van der Waals surface area contributed by atoms with Gasteiger partial charge in [0.25, 0.3) is 5.91 Å². The third kappa shape index (κ3) is 4.51. The molecule has 0 radical (unpaired) electrons. The molecule has 0 aromatic heterocycles. The number of carbonyl (C=O) groups is 2. The topological polar surface area (TPSA) is 103 Å². The Bertz CT molecular complexity index is 1320. The Labute approximate surface area is 203 Å². The zero-order valence-corrected chi connectivity index (χ0v) is 19.6. The van der Waals surface area contributed by atoms with Crippen LogP contribution in [0.1, 0.15) is 28.3 Å². The van der Waals surface area contributed by atoms with E-state index in [2.05, 4.69) is 20.8 Å². The molecule has 33 heavy (non-hydrogen) atoms. The molecule has 0 bridgehead atoms. The van der Waals surface area contributed by atoms with Gasteiger partial charge in [-0.05, 0) is 57.9 Å². The number of anilines is 2. The van der Waals surface area contributed by atoms with Gasteiger partial charge in [-0.25, -0.2) is 4.85 Å². The number of rotatable bonds is 5. The second-order valence-corrected chi connectivity index (χ2v) is 8.79. The summed E-state index contributed by atoms with van der Waals surface area (Å²) >= 11 is 9.73. The Morgan fingerprint density at radius 1 is 1.21 bits per heavy atom. The second kappa shape index (κ2) is 9.14. The van der Waals surface area contributed by atoms with Crippen molar-refractivity contribution in [1.82, 2.24) is 0 Å². The van der Waals surface area contributed by atoms with Crippen LogP contribution in [0.15, 0.2) is 59.1 Å². The van der Waals surface area contributed by atoms with E-state index in [4.69, 9.17) is 34.4 Å². The Hall–Kier alpha value is -3.54. The van der Waals surface area contributed by atoms with Crippen LogP contribution < -0.4 is 21.1 Å². The van der Waals surface area contributed by atoms with Crippen LogP contribution in [-0.2, 0) is 4.79 Å². The molecule has 1 aliphatic rings. The number of nitrogen functional groups attached to an aromatic ring is 1. The van der Waals surface area contributed by atoms with Crippen molar-refractivity contribution in [2.24, 2.45) is 5.73 Å². The minimum absolute atomic E-state index is 0.0574. The van der Waals surface area contributed by atoms with Crippen molar-refractivity contribution in [3.8, 4) is 11.5 Å². The van der Waals surface area contributed by atoms with Gasteiger partial charge in [0.05, 0.1) is 21.6 Å². The highest BCUT2D eigenvalue weighted by Crippen LogP contribution is 2.42. The number of nitrogens with zero attached hydrogens (tertiary/aromatic N) is 2. The average molecular weight is 526 g/mol. The number of nitrogens with two attached hydrogens (primary N) is 2. The maximum absolute atomic E-state index is 12.8. The maximum Gasteiger partial charge on any atom is 0.250 e. The number of carbonyl (C=O) groups excluding carboxylic acids is 2. The smallest absolute Gasteiger partial charge is 0.250 e. The summed E-state index contributed by atoms with van der Waals surface area (Å²) < 4.78 is 6.69. The zero-order chi connectivity index (χ0) is 23.7. The van der Waals surface area contributed by atoms with E-state index in [1.807, 2.05) is 18.2 Å². The van der Waals surface area contributed by atoms with Gasteiger partial charge < -0.3 is 21.1 Å². The first-order valence-corrected chi connectivity index (χ1v) is 11.1. The fraction of sp³-hybridized carbons (Fsp3) is 0.125. The standard InChI is InChI=1S/C24H18BrClN4O3/c1-29-20-4-2-3-18(26)23(20)33-21-9-13(5-8-17(21)25)14-10-22(31)30(12-14)15-6-7-16(24(28)32)19(27)11-15/h2-9,11,14H,10,12,27H2,(H2,28,32)/t14-/m0/s1. The molecule has 2 amide bonds. The molecule has 0 saturated carbocycles. The van der Waals surface area contributed by atoms with Gasteiger partial charge in [-0.2, -0.15) is 0 Å². The second-order valence-electron chi connectivity index (χ2n) is 7.53. The number of hydrogen-bond donors (Lipinski definition) is 2. The molecule has 0 spiro atoms. The first-order chi connectivity index (χ1) is 15.8. The molecule has 1 aliphatic heterocycles. The summed E-state index contributed by atoms with van der Waals surface area (Å²) in [5, 5.41) is 0.333. The molecule has 1 atom stereocenters. The van der Waals surface area contributed by atoms with Crippen LogP contribution in [0.4, 0.5) is 17.1 Å². The quantitative estimate of drug-likeness (QED) is 0.332. The summed E-state index contributed by atoms with van der Waals surface area (Å²) in [7, 11) is 0. The van der Waals surface area contributed by atoms with Crippen LogP contribution in [0.5, 0.6) is 11.5 Å². The number of benzene rings is 3. The summed E-state index contributed by atoms with van der Waals surface area (Å²) in [6.45, 7) is 7.79. The minimum atomic E-state index is -0.619. The highest BCUT2D eigenvalue weighted by atomic mass is 79.9. The Balaban J connectivity index is 1.60. The highest BCUT2D eigenvalue weighted by molar-refractivity contribution is 9.10. The summed E-state index contributed by atoms with van der Waals surface area (Å²) in [5.74, 6) is 0.00847. The molecule has 0 unspecified atom stereocenters. The van der Waals surface area contributed by atoms with Crippen LogP contribution in [0.2, 0.25) is 5.02 Å². The van der Waals surface area contributed by atoms with E-state index in [1.54, 1.807) is 35.2 Å². The monoisotopic (exact) mass is 524 g/mol. The van der Waals surface area contributed by atoms with Crippen molar-refractivity contribution in [1.29, 1.82) is 0 Å². The molecule has 1 heterocycles. The average Bonchev–Trinajstić information content (AvgIpc) is 3.17. The molecular formula is C24H18BrClN4O3. The van der Waals surface area contributed by atoms with Crippen molar-refractivity contribution in [2.45, 2.75) is 12.3 Å². The van der Waals surface area contributed by atoms with Crippen LogP contribution in [0.25, 0.3) is 4.85 Å². The van der Waals surface area contributed by atoms with Crippen LogP contribution >= 0.6 is 27.5 Å². The Morgan fingerprint density at radius 3 is 2.70 bits per heavy atom. The first kappa shape index (κ1) is 22.6. The van der Waals surface area contributed by atoms with Gasteiger partial charge in [-0.1, -0.05) is 29.8 Å². The zero-order valence-electron chi connectivity index (χ0n) is 17.2. The van der Waals surface area contributed by atoms with Gasteiger partial charge in [-0.3, -0.25) is 9.59 Å². The van der Waals surface area contributed by atoms with E-state index >= 15 is 0 Å². The lowest BCUT2D eigenvalue weighted by molar-refractivity contribution is -0.117. The normalized spacial score (nSPS) is 15.4. The van der Waals surface area contributed by atoms with Crippen molar-refractivity contribution < 1.29 is 14.3 Å². The van der Waals surface area contributed by atoms with Gasteiger partial charge in [0.1, 0.15) is 5.75 Å². The van der Waals surface area contributed by atoms with Gasteiger partial charge >= 0.3 is 0 Å². The lowest BCUT2D eigenvalue weighted by atomic mass is 9.98. The first-order valence-electron chi connectivity index (χ1n) is 9.91. The number of amides is 2. The van der Waals surface area contributed by atoms with E-state index in [0.29, 0.717) is 39.6 Å². The lowest BCUT2D eigenvalue weighted by Crippen LogP contribution is -2.24. The number of halogens is 2. The van der Waals surface area contributed by atoms with Crippen molar-refractivity contribution in [3.63, 3.8) is 0 Å². The highest BCUT2D eigenvalue weighted by Gasteiger charge is 2.32. The van der Waals surface area contributed by atoms with E-state index in [9.17, 15) is 9.59 Å². The van der Waals surface area contributed by atoms with Gasteiger partial charge in [0.15, 0.2) is 5.75 Å². The van der Waals surface area contributed by atoms with E-state index in [-0.39, 0.29) is 28.8 Å². The maximum atomic E-state index is 12.8. The number of para-hydroxylation sites is 1. The van der Waals surface area contributed by atoms with Crippen molar-refractivity contribution in [2.75, 3.05) is 17.2 Å². The summed E-state index contributed by atoms with van der Waals surface area (Å²) in [5.41, 5.74) is 13.5. The molecule has 1 saturated heterocycles. The Kier molecular flexibility index (Phi) is 6.27. The molecule has 3 aromatic carbocycles. The van der Waals surface area contributed by atoms with Gasteiger partial charge in [0.2, 0.25) is 11.6 Å². The van der Waals surface area contributed by atoms with Crippen LogP contribution in [0, 0.1) is 6.57 Å². The molecule has 3 aromatic rings. The lowest BCUT2D eigenvalue weighted by Gasteiger charge is -2.19. The molecule has 9 heteroatoms. The number of hydrogen-bond acceptors (Lipinski definition) is 4. The summed E-state index contributed by atoms with van der Waals surface area (Å²) in [6.07, 6.45) is 0.304. The van der Waals surface area contributed by atoms with Crippen molar-refractivity contribution >= 4 is 56.4 Å². The van der Waals surface area contributed by atoms with Gasteiger partial charge in [0, 0.05) is 30.3 Å². The third-order valence-corrected chi connectivity index (χ3v) is 6.40. The molecule has 166 valence electrons. The van der Waals surface area contributed by atoms with E-state index in [0.717, 1.165) is 5.56 Å². The minimum Gasteiger partial charge on any atom is -0.466 e. The fourth-order valence-electron chi connectivity index (χ4n) is 3.77.